The fourth-order valence-electron chi connectivity index (χ4n) is 4.69. The van der Waals surface area contributed by atoms with Gasteiger partial charge in [-0.25, -0.2) is 33.7 Å². The minimum Gasteiger partial charge on any atom is -0.744 e. The van der Waals surface area contributed by atoms with E-state index in [1.54, 1.807) is 0 Å². The Morgan fingerprint density at radius 3 is 1.87 bits per heavy atom. The van der Waals surface area contributed by atoms with Crippen molar-refractivity contribution in [3.05, 3.63) is 65.9 Å². The first-order chi connectivity index (χ1) is 26.6. The monoisotopic (exact) mass is 998 g/mol. The molecule has 304 valence electrons. The Morgan fingerprint density at radius 1 is 0.738 bits per heavy atom. The molecule has 24 nitrogen and oxygen atoms in total. The molecular formula is C27H19ClN8Na4O16S5. The van der Waals surface area contributed by atoms with Crippen LogP contribution in [0.3, 0.4) is 0 Å². The number of aromatic hydroxyl groups is 1. The second-order valence-electron chi connectivity index (χ2n) is 10.8. The number of phenols is 1. The molecule has 0 aliphatic carbocycles. The maximum Gasteiger partial charge on any atom is 1.00 e. The standard InChI is InChI=1S/C27H23ClN8O16S5.4Na/c28-25-32-26(30-14-1-4-16(5-2-14)54(39,40)8-7-50-53-52-51-38)34-27(33-25)31-15-3-6-18(20(11-15)56(44,45)46)35-36-24-22-13(10-21(23(24)29)57(47,48)49)9-17(12-19(22)37)55(41,42)43;;;;/h1-6,9-12,37-38H,7-8,29H2,(H,41,42,43)(H,44,45,46)(H,47,48,49)(H2,30,31,32,33,34);;;;/q;4*+1/p-4. The molecule has 61 heavy (non-hydrogen) atoms. The SMILES string of the molecule is Nc1c(S(=O)(=O)[O-])cc2cc(S(=O)(=O)[O-])cc(O)c2c1N=Nc1ccc(Nc2nc(Cl)nc(Nc3ccc(S(=O)(=O)CCOSOO[O-])cc3)n2)cc1S(=O)(=O)[O-].[Na+].[Na+].[Na+].[Na+]. The van der Waals surface area contributed by atoms with Crippen LogP contribution in [0.5, 0.6) is 5.75 Å². The zero-order chi connectivity index (χ0) is 41.9. The van der Waals surface area contributed by atoms with Gasteiger partial charge in [0.1, 0.15) is 47.5 Å². The number of rotatable bonds is 16. The average Bonchev–Trinajstić information content (AvgIpc) is 3.10. The van der Waals surface area contributed by atoms with E-state index in [2.05, 4.69) is 45.2 Å². The van der Waals surface area contributed by atoms with Crippen LogP contribution in [0.1, 0.15) is 0 Å². The Labute approximate surface area is 443 Å². The third-order valence-corrected chi connectivity index (χ3v) is 11.9. The van der Waals surface area contributed by atoms with Gasteiger partial charge in [-0.2, -0.15) is 15.0 Å². The molecule has 4 aromatic carbocycles. The number of aromatic nitrogens is 3. The number of nitrogen functional groups attached to an aromatic ring is 1. The molecule has 0 atom stereocenters. The van der Waals surface area contributed by atoms with E-state index < -0.39 is 94.2 Å². The summed E-state index contributed by atoms with van der Waals surface area (Å²) in [5.74, 6) is -1.92. The molecule has 1 heterocycles. The molecule has 1 aromatic heterocycles. The van der Waals surface area contributed by atoms with E-state index >= 15 is 0 Å². The number of sulfone groups is 1. The zero-order valence-corrected chi connectivity index (χ0v) is 44.3. The summed E-state index contributed by atoms with van der Waals surface area (Å²) < 4.78 is 141. The van der Waals surface area contributed by atoms with Crippen molar-refractivity contribution in [2.45, 2.75) is 19.6 Å². The zero-order valence-electron chi connectivity index (χ0n) is 31.5. The molecule has 0 spiro atoms. The maximum absolute atomic E-state index is 12.5. The Kier molecular flexibility index (Phi) is 22.9. The van der Waals surface area contributed by atoms with Gasteiger partial charge in [0.2, 0.25) is 17.2 Å². The number of halogens is 1. The van der Waals surface area contributed by atoms with Crippen LogP contribution < -0.4 is 140 Å². The van der Waals surface area contributed by atoms with Crippen LogP contribution in [0, 0.1) is 0 Å². The van der Waals surface area contributed by atoms with E-state index in [4.69, 9.17) is 21.5 Å². The molecule has 0 radical (unpaired) electrons. The van der Waals surface area contributed by atoms with Crippen LogP contribution in [0.4, 0.5) is 40.3 Å². The summed E-state index contributed by atoms with van der Waals surface area (Å²) in [5, 5.41) is 34.7. The summed E-state index contributed by atoms with van der Waals surface area (Å²) in [6, 6.07) is 9.83. The van der Waals surface area contributed by atoms with Crippen LogP contribution in [0.2, 0.25) is 5.28 Å². The van der Waals surface area contributed by atoms with Crippen LogP contribution >= 0.6 is 23.9 Å². The number of nitrogens with two attached hydrogens (primary N) is 1. The van der Waals surface area contributed by atoms with Crippen molar-refractivity contribution in [3.8, 4) is 5.75 Å². The molecule has 0 amide bonds. The Hall–Kier alpha value is -0.890. The van der Waals surface area contributed by atoms with Crippen LogP contribution in [0.25, 0.3) is 10.8 Å². The van der Waals surface area contributed by atoms with Crippen molar-refractivity contribution >= 4 is 115 Å². The molecule has 0 saturated carbocycles. The molecule has 0 fully saturated rings. The topological polar surface area (TPSA) is 390 Å². The fourth-order valence-corrected chi connectivity index (χ4v) is 8.06. The third-order valence-electron chi connectivity index (χ3n) is 7.08. The first-order valence-electron chi connectivity index (χ1n) is 14.6. The number of hydrogen-bond donors (Lipinski definition) is 4. The number of azo groups is 1. The van der Waals surface area contributed by atoms with Crippen molar-refractivity contribution < 1.29 is 189 Å². The second-order valence-corrected chi connectivity index (χ2v) is 17.8. The summed E-state index contributed by atoms with van der Waals surface area (Å²) in [5.41, 5.74) is 3.64. The molecule has 0 unspecified atom stereocenters. The van der Waals surface area contributed by atoms with Gasteiger partial charge in [-0.15, -0.1) is 14.6 Å². The minimum absolute atomic E-state index is 0. The van der Waals surface area contributed by atoms with Crippen LogP contribution in [-0.4, -0.2) is 79.7 Å². The predicted octanol–water partition coefficient (Wildman–Crippen LogP) is -9.83. The van der Waals surface area contributed by atoms with E-state index in [-0.39, 0.29) is 171 Å². The molecule has 5 rings (SSSR count). The van der Waals surface area contributed by atoms with Gasteiger partial charge in [-0.1, -0.05) is 0 Å². The van der Waals surface area contributed by atoms with Crippen LogP contribution in [-0.2, 0) is 53.7 Å². The van der Waals surface area contributed by atoms with Crippen molar-refractivity contribution in [3.63, 3.8) is 0 Å². The average molecular weight is 999 g/mol. The van der Waals surface area contributed by atoms with Gasteiger partial charge >= 0.3 is 118 Å². The van der Waals surface area contributed by atoms with E-state index in [1.807, 2.05) is 0 Å². The van der Waals surface area contributed by atoms with Gasteiger partial charge in [0.25, 0.3) is 0 Å². The van der Waals surface area contributed by atoms with Gasteiger partial charge in [0.15, 0.2) is 22.2 Å². The van der Waals surface area contributed by atoms with Crippen molar-refractivity contribution in [2.24, 2.45) is 10.2 Å². The quantitative estimate of drug-likeness (QED) is 0.0104. The van der Waals surface area contributed by atoms with E-state index in [0.717, 1.165) is 18.2 Å². The first-order valence-corrected chi connectivity index (χ1v) is 21.5. The largest absolute Gasteiger partial charge is 1.00 e. The Morgan fingerprint density at radius 2 is 1.31 bits per heavy atom. The number of fused-ring (bicyclic) bond motifs is 1. The summed E-state index contributed by atoms with van der Waals surface area (Å²) in [7, 11) is -19.8. The molecular weight excluding hydrogens is 980 g/mol. The van der Waals surface area contributed by atoms with Gasteiger partial charge in [-0.05, 0) is 77.7 Å². The first kappa shape index (κ1) is 58.1. The van der Waals surface area contributed by atoms with Crippen molar-refractivity contribution in [1.82, 2.24) is 15.0 Å². The Bertz CT molecular complexity index is 2870. The van der Waals surface area contributed by atoms with Crippen molar-refractivity contribution in [2.75, 3.05) is 28.7 Å². The molecule has 0 aliphatic heterocycles. The van der Waals surface area contributed by atoms with Crippen molar-refractivity contribution in [1.29, 1.82) is 0 Å². The summed E-state index contributed by atoms with van der Waals surface area (Å²) in [6.07, 6.45) is 0. The number of hydrogen-bond acceptors (Lipinski definition) is 25. The molecule has 5 aromatic rings. The molecule has 5 N–H and O–H groups in total. The number of benzene rings is 4. The third kappa shape index (κ3) is 15.6. The summed E-state index contributed by atoms with van der Waals surface area (Å²) in [4.78, 5) is 8.60. The van der Waals surface area contributed by atoms with Gasteiger partial charge in [0.05, 0.1) is 43.0 Å². The van der Waals surface area contributed by atoms with E-state index in [9.17, 15) is 57.7 Å². The number of phenolic OH excluding ortho intramolecular Hbond substituents is 1. The molecule has 0 bridgehead atoms. The maximum atomic E-state index is 12.5. The Balaban J connectivity index is 0.00000465. The van der Waals surface area contributed by atoms with E-state index in [1.165, 1.54) is 24.3 Å². The summed E-state index contributed by atoms with van der Waals surface area (Å²) in [6.45, 7) is -0.336. The van der Waals surface area contributed by atoms with Gasteiger partial charge in [0, 0.05) is 11.4 Å². The summed E-state index contributed by atoms with van der Waals surface area (Å²) >= 11 is 6.19. The molecule has 0 saturated heterocycles. The second kappa shape index (κ2) is 24.0. The predicted molar refractivity (Wildman–Crippen MR) is 190 cm³/mol. The number of nitrogens with zero attached hydrogens (tertiary/aromatic N) is 5. The normalized spacial score (nSPS) is 11.8. The van der Waals surface area contributed by atoms with Gasteiger partial charge in [-0.3, -0.25) is 9.22 Å². The fraction of sp³-hybridized carbons (Fsp3) is 0.0741. The molecule has 34 heteroatoms. The number of anilines is 5. The molecule has 0 aliphatic rings. The van der Waals surface area contributed by atoms with Gasteiger partial charge < -0.3 is 40.4 Å². The minimum atomic E-state index is -5.40. The van der Waals surface area contributed by atoms with Crippen LogP contribution in [0.15, 0.2) is 90.5 Å². The number of nitrogens with one attached hydrogen (secondary N) is 2. The smallest absolute Gasteiger partial charge is 0.744 e. The van der Waals surface area contributed by atoms with E-state index in [0.29, 0.717) is 18.2 Å².